The number of thioether (sulfide) groups is 1. The maximum absolute atomic E-state index is 11.8. The van der Waals surface area contributed by atoms with Gasteiger partial charge < -0.3 is 10.4 Å². The molecule has 4 heteroatoms. The van der Waals surface area contributed by atoms with Crippen molar-refractivity contribution in [3.05, 3.63) is 29.3 Å². The molecular weight excluding hydrogens is 270 g/mol. The van der Waals surface area contributed by atoms with E-state index in [-0.39, 0.29) is 17.9 Å². The van der Waals surface area contributed by atoms with Gasteiger partial charge >= 0.3 is 0 Å². The van der Waals surface area contributed by atoms with Crippen LogP contribution in [0.2, 0.25) is 0 Å². The van der Waals surface area contributed by atoms with Crippen molar-refractivity contribution < 1.29 is 9.90 Å². The summed E-state index contributed by atoms with van der Waals surface area (Å²) in [4.78, 5) is 13.0. The number of hydrogen-bond donors (Lipinski definition) is 2. The topological polar surface area (TPSA) is 49.3 Å². The van der Waals surface area contributed by atoms with E-state index in [1.807, 2.05) is 0 Å². The van der Waals surface area contributed by atoms with Gasteiger partial charge in [0.1, 0.15) is 0 Å². The van der Waals surface area contributed by atoms with Crippen LogP contribution in [0.4, 0.5) is 0 Å². The van der Waals surface area contributed by atoms with Crippen LogP contribution in [0.5, 0.6) is 0 Å². The zero-order valence-electron chi connectivity index (χ0n) is 11.7. The van der Waals surface area contributed by atoms with Gasteiger partial charge in [0.25, 0.3) is 0 Å². The first-order valence-electron chi connectivity index (χ1n) is 7.33. The molecule has 1 fully saturated rings. The smallest absolute Gasteiger partial charge is 0.230 e. The number of aryl methyl sites for hydroxylation is 2. The highest BCUT2D eigenvalue weighted by Crippen LogP contribution is 2.44. The zero-order chi connectivity index (χ0) is 14.0. The molecule has 1 aromatic rings. The van der Waals surface area contributed by atoms with Gasteiger partial charge in [-0.15, -0.1) is 11.8 Å². The lowest BCUT2D eigenvalue weighted by molar-refractivity contribution is -0.118. The minimum Gasteiger partial charge on any atom is -0.396 e. The molecule has 20 heavy (non-hydrogen) atoms. The maximum Gasteiger partial charge on any atom is 0.230 e. The Labute approximate surface area is 124 Å². The van der Waals surface area contributed by atoms with E-state index in [0.29, 0.717) is 12.3 Å². The second-order valence-electron chi connectivity index (χ2n) is 6.01. The zero-order valence-corrected chi connectivity index (χ0v) is 12.5. The second-order valence-corrected chi connectivity index (χ2v) is 7.06. The molecule has 2 aliphatic carbocycles. The molecule has 0 radical (unpaired) electrons. The maximum atomic E-state index is 11.8. The van der Waals surface area contributed by atoms with Crippen LogP contribution in [0, 0.1) is 5.41 Å². The van der Waals surface area contributed by atoms with E-state index >= 15 is 0 Å². The first kappa shape index (κ1) is 14.0. The van der Waals surface area contributed by atoms with Crippen molar-refractivity contribution in [3.63, 3.8) is 0 Å². The predicted molar refractivity (Wildman–Crippen MR) is 81.0 cm³/mol. The average molecular weight is 291 g/mol. The Morgan fingerprint density at radius 1 is 1.30 bits per heavy atom. The minimum absolute atomic E-state index is 0.00606. The molecule has 0 bridgehead atoms. The van der Waals surface area contributed by atoms with Crippen molar-refractivity contribution in [2.45, 2.75) is 37.0 Å². The Balaban J connectivity index is 1.46. The second kappa shape index (κ2) is 5.78. The van der Waals surface area contributed by atoms with Gasteiger partial charge in [-0.3, -0.25) is 4.79 Å². The molecule has 1 saturated carbocycles. The number of aliphatic hydroxyl groups excluding tert-OH is 1. The number of hydrogen-bond acceptors (Lipinski definition) is 3. The summed E-state index contributed by atoms with van der Waals surface area (Å²) >= 11 is 1.60. The van der Waals surface area contributed by atoms with Gasteiger partial charge in [-0.05, 0) is 55.4 Å². The SMILES string of the molecule is O=C(CSc1ccc2c(c1)CCC2)NCC1(CO)CC1. The third-order valence-electron chi connectivity index (χ3n) is 4.39. The van der Waals surface area contributed by atoms with Gasteiger partial charge in [0.05, 0.1) is 12.4 Å². The van der Waals surface area contributed by atoms with Crippen LogP contribution in [-0.2, 0) is 17.6 Å². The Hall–Kier alpha value is -1.00. The summed E-state index contributed by atoms with van der Waals surface area (Å²) in [5.74, 6) is 0.524. The predicted octanol–water partition coefficient (Wildman–Crippen LogP) is 2.16. The van der Waals surface area contributed by atoms with Gasteiger partial charge in [-0.2, -0.15) is 0 Å². The fourth-order valence-electron chi connectivity index (χ4n) is 2.69. The highest BCUT2D eigenvalue weighted by Gasteiger charge is 2.41. The highest BCUT2D eigenvalue weighted by atomic mass is 32.2. The van der Waals surface area contributed by atoms with Crippen LogP contribution in [0.25, 0.3) is 0 Å². The third kappa shape index (κ3) is 3.18. The van der Waals surface area contributed by atoms with Gasteiger partial charge in [-0.1, -0.05) is 6.07 Å². The molecule has 2 aliphatic rings. The van der Waals surface area contributed by atoms with Crippen LogP contribution in [0.15, 0.2) is 23.1 Å². The normalized spacial score (nSPS) is 18.6. The molecule has 0 unspecified atom stereocenters. The Morgan fingerprint density at radius 3 is 2.85 bits per heavy atom. The largest absolute Gasteiger partial charge is 0.396 e. The van der Waals surface area contributed by atoms with Crippen molar-refractivity contribution in [2.24, 2.45) is 5.41 Å². The van der Waals surface area contributed by atoms with Crippen LogP contribution in [0.1, 0.15) is 30.4 Å². The molecule has 3 rings (SSSR count). The average Bonchev–Trinajstić information content (AvgIpc) is 3.11. The minimum atomic E-state index is -0.00606. The van der Waals surface area contributed by atoms with E-state index in [9.17, 15) is 9.90 Å². The Kier molecular flexibility index (Phi) is 4.03. The van der Waals surface area contributed by atoms with Crippen molar-refractivity contribution in [1.29, 1.82) is 0 Å². The van der Waals surface area contributed by atoms with Crippen LogP contribution < -0.4 is 5.32 Å². The number of carbonyl (C=O) groups is 1. The fourth-order valence-corrected chi connectivity index (χ4v) is 3.48. The number of carbonyl (C=O) groups excluding carboxylic acids is 1. The van der Waals surface area contributed by atoms with Gasteiger partial charge in [0.15, 0.2) is 0 Å². The summed E-state index contributed by atoms with van der Waals surface area (Å²) < 4.78 is 0. The molecule has 0 heterocycles. The van der Waals surface area contributed by atoms with Crippen LogP contribution >= 0.6 is 11.8 Å². The number of nitrogens with one attached hydrogen (secondary N) is 1. The Morgan fingerprint density at radius 2 is 2.10 bits per heavy atom. The van der Waals surface area contributed by atoms with Gasteiger partial charge in [-0.25, -0.2) is 0 Å². The van der Waals surface area contributed by atoms with E-state index in [2.05, 4.69) is 23.5 Å². The molecule has 2 N–H and O–H groups in total. The van der Waals surface area contributed by atoms with Crippen molar-refractivity contribution in [2.75, 3.05) is 18.9 Å². The molecule has 108 valence electrons. The van der Waals surface area contributed by atoms with Crippen molar-refractivity contribution in [3.8, 4) is 0 Å². The molecular formula is C16H21NO2S. The lowest BCUT2D eigenvalue weighted by Crippen LogP contribution is -2.32. The monoisotopic (exact) mass is 291 g/mol. The van der Waals surface area contributed by atoms with E-state index in [4.69, 9.17) is 0 Å². The summed E-state index contributed by atoms with van der Waals surface area (Å²) in [6.45, 7) is 0.804. The molecule has 0 aliphatic heterocycles. The molecule has 0 aromatic heterocycles. The quantitative estimate of drug-likeness (QED) is 0.790. The van der Waals surface area contributed by atoms with E-state index in [1.165, 1.54) is 35.3 Å². The molecule has 1 amide bonds. The molecule has 0 saturated heterocycles. The lowest BCUT2D eigenvalue weighted by Gasteiger charge is -2.12. The molecule has 1 aromatic carbocycles. The fraction of sp³-hybridized carbons (Fsp3) is 0.562. The number of fused-ring (bicyclic) bond motifs is 1. The van der Waals surface area contributed by atoms with E-state index in [1.54, 1.807) is 11.8 Å². The number of benzene rings is 1. The first-order valence-corrected chi connectivity index (χ1v) is 8.32. The number of amides is 1. The number of rotatable bonds is 6. The first-order chi connectivity index (χ1) is 9.71. The molecule has 3 nitrogen and oxygen atoms in total. The van der Waals surface area contributed by atoms with Gasteiger partial charge in [0.2, 0.25) is 5.91 Å². The van der Waals surface area contributed by atoms with Crippen molar-refractivity contribution in [1.82, 2.24) is 5.32 Å². The molecule has 0 spiro atoms. The molecule has 0 atom stereocenters. The summed E-state index contributed by atoms with van der Waals surface area (Å²) in [5, 5.41) is 12.1. The van der Waals surface area contributed by atoms with E-state index in [0.717, 1.165) is 12.8 Å². The van der Waals surface area contributed by atoms with Crippen molar-refractivity contribution >= 4 is 17.7 Å². The Bertz CT molecular complexity index is 511. The highest BCUT2D eigenvalue weighted by molar-refractivity contribution is 8.00. The summed E-state index contributed by atoms with van der Waals surface area (Å²) in [5.41, 5.74) is 2.92. The van der Waals surface area contributed by atoms with Gasteiger partial charge in [0, 0.05) is 16.9 Å². The summed E-state index contributed by atoms with van der Waals surface area (Å²) in [7, 11) is 0. The number of aliphatic hydroxyl groups is 1. The summed E-state index contributed by atoms with van der Waals surface area (Å²) in [6.07, 6.45) is 5.69. The van der Waals surface area contributed by atoms with Crippen LogP contribution in [0.3, 0.4) is 0 Å². The van der Waals surface area contributed by atoms with Crippen LogP contribution in [-0.4, -0.2) is 29.9 Å². The summed E-state index contributed by atoms with van der Waals surface area (Å²) in [6, 6.07) is 6.56. The standard InChI is InChI=1S/C16H21NO2S/c18-11-16(6-7-16)10-17-15(19)9-20-14-5-4-12-2-1-3-13(12)8-14/h4-5,8,18H,1-3,6-7,9-11H2,(H,17,19). The lowest BCUT2D eigenvalue weighted by atomic mass is 10.1. The van der Waals surface area contributed by atoms with E-state index < -0.39 is 0 Å². The third-order valence-corrected chi connectivity index (χ3v) is 5.39.